The number of hydrogen-bond donors (Lipinski definition) is 0. The SMILES string of the molecule is Cc1cc(C(=O)N2CCc3ccccc3C2)cc(S(=O)(=O)N(C)C)c1C. The molecule has 0 N–H and O–H groups in total. The van der Waals surface area contributed by atoms with Gasteiger partial charge in [0.15, 0.2) is 0 Å². The zero-order valence-corrected chi connectivity index (χ0v) is 16.4. The molecule has 3 rings (SSSR count). The second kappa shape index (κ2) is 6.85. The lowest BCUT2D eigenvalue weighted by molar-refractivity contribution is 0.0734. The molecular formula is C20H24N2O3S. The van der Waals surface area contributed by atoms with Crippen molar-refractivity contribution in [2.45, 2.75) is 31.7 Å². The minimum Gasteiger partial charge on any atom is -0.334 e. The molecule has 26 heavy (non-hydrogen) atoms. The van der Waals surface area contributed by atoms with Crippen molar-refractivity contribution in [1.82, 2.24) is 9.21 Å². The van der Waals surface area contributed by atoms with Gasteiger partial charge in [-0.05, 0) is 54.7 Å². The normalized spacial score (nSPS) is 14.4. The maximum Gasteiger partial charge on any atom is 0.254 e. The smallest absolute Gasteiger partial charge is 0.254 e. The van der Waals surface area contributed by atoms with Crippen molar-refractivity contribution in [1.29, 1.82) is 0 Å². The van der Waals surface area contributed by atoms with Crippen LogP contribution < -0.4 is 0 Å². The van der Waals surface area contributed by atoms with E-state index in [0.717, 1.165) is 17.5 Å². The molecule has 1 aliphatic heterocycles. The number of fused-ring (bicyclic) bond motifs is 1. The Bertz CT molecular complexity index is 965. The van der Waals surface area contributed by atoms with Crippen LogP contribution in [-0.4, -0.2) is 44.2 Å². The number of nitrogens with zero attached hydrogens (tertiary/aromatic N) is 2. The molecule has 0 saturated heterocycles. The van der Waals surface area contributed by atoms with Crippen molar-refractivity contribution >= 4 is 15.9 Å². The minimum atomic E-state index is -3.60. The highest BCUT2D eigenvalue weighted by Crippen LogP contribution is 2.26. The fraction of sp³-hybridized carbons (Fsp3) is 0.350. The Balaban J connectivity index is 1.98. The monoisotopic (exact) mass is 372 g/mol. The second-order valence-corrected chi connectivity index (χ2v) is 9.07. The molecule has 2 aromatic rings. The molecule has 0 fully saturated rings. The van der Waals surface area contributed by atoms with Crippen LogP contribution in [0, 0.1) is 13.8 Å². The second-order valence-electron chi connectivity index (χ2n) is 6.95. The molecule has 0 radical (unpaired) electrons. The first kappa shape index (κ1) is 18.6. The molecule has 0 saturated carbocycles. The fourth-order valence-electron chi connectivity index (χ4n) is 3.27. The van der Waals surface area contributed by atoms with Crippen LogP contribution in [0.15, 0.2) is 41.3 Å². The highest BCUT2D eigenvalue weighted by atomic mass is 32.2. The van der Waals surface area contributed by atoms with Crippen LogP contribution in [0.1, 0.15) is 32.6 Å². The Morgan fingerprint density at radius 2 is 1.73 bits per heavy atom. The highest BCUT2D eigenvalue weighted by Gasteiger charge is 2.26. The predicted molar refractivity (Wildman–Crippen MR) is 102 cm³/mol. The van der Waals surface area contributed by atoms with Gasteiger partial charge in [0.1, 0.15) is 0 Å². The van der Waals surface area contributed by atoms with Crippen LogP contribution in [0.4, 0.5) is 0 Å². The van der Waals surface area contributed by atoms with Gasteiger partial charge in [-0.2, -0.15) is 0 Å². The van der Waals surface area contributed by atoms with E-state index in [9.17, 15) is 13.2 Å². The van der Waals surface area contributed by atoms with Gasteiger partial charge in [-0.15, -0.1) is 0 Å². The number of carbonyl (C=O) groups excluding carboxylic acids is 1. The van der Waals surface area contributed by atoms with E-state index < -0.39 is 10.0 Å². The largest absolute Gasteiger partial charge is 0.334 e. The number of benzene rings is 2. The average Bonchev–Trinajstić information content (AvgIpc) is 2.62. The van der Waals surface area contributed by atoms with Crippen LogP contribution in [0.25, 0.3) is 0 Å². The number of rotatable bonds is 3. The van der Waals surface area contributed by atoms with E-state index in [-0.39, 0.29) is 10.8 Å². The van der Waals surface area contributed by atoms with Gasteiger partial charge < -0.3 is 4.90 Å². The number of hydrogen-bond acceptors (Lipinski definition) is 3. The summed E-state index contributed by atoms with van der Waals surface area (Å²) < 4.78 is 26.4. The van der Waals surface area contributed by atoms with E-state index in [1.165, 1.54) is 30.0 Å². The third kappa shape index (κ3) is 3.27. The van der Waals surface area contributed by atoms with Gasteiger partial charge in [0.25, 0.3) is 5.91 Å². The van der Waals surface area contributed by atoms with Gasteiger partial charge in [-0.3, -0.25) is 4.79 Å². The van der Waals surface area contributed by atoms with E-state index in [0.29, 0.717) is 24.2 Å². The van der Waals surface area contributed by atoms with E-state index >= 15 is 0 Å². The molecule has 0 aromatic heterocycles. The molecule has 1 heterocycles. The van der Waals surface area contributed by atoms with Crippen molar-refractivity contribution in [3.63, 3.8) is 0 Å². The van der Waals surface area contributed by atoms with Crippen molar-refractivity contribution in [3.8, 4) is 0 Å². The number of carbonyl (C=O) groups is 1. The molecule has 5 nitrogen and oxygen atoms in total. The lowest BCUT2D eigenvalue weighted by Gasteiger charge is -2.29. The number of aryl methyl sites for hydroxylation is 1. The maximum absolute atomic E-state index is 13.0. The predicted octanol–water partition coefficient (Wildman–Crippen LogP) is 2.75. The van der Waals surface area contributed by atoms with Gasteiger partial charge in [0.2, 0.25) is 10.0 Å². The molecular weight excluding hydrogens is 348 g/mol. The first-order valence-electron chi connectivity index (χ1n) is 8.61. The van der Waals surface area contributed by atoms with Gasteiger partial charge in [-0.25, -0.2) is 12.7 Å². The molecule has 0 unspecified atom stereocenters. The summed E-state index contributed by atoms with van der Waals surface area (Å²) in [4.78, 5) is 15.0. The zero-order valence-electron chi connectivity index (χ0n) is 15.6. The molecule has 1 amide bonds. The lowest BCUT2D eigenvalue weighted by Crippen LogP contribution is -2.36. The molecule has 138 valence electrons. The standard InChI is InChI=1S/C20H24N2O3S/c1-14-11-18(12-19(15(14)2)26(24,25)21(3)4)20(23)22-10-9-16-7-5-6-8-17(16)13-22/h5-8,11-12H,9-10,13H2,1-4H3. The summed E-state index contributed by atoms with van der Waals surface area (Å²) in [7, 11) is -0.603. The third-order valence-electron chi connectivity index (χ3n) is 5.04. The zero-order chi connectivity index (χ0) is 19.1. The average molecular weight is 372 g/mol. The van der Waals surface area contributed by atoms with E-state index in [1.807, 2.05) is 25.1 Å². The summed E-state index contributed by atoms with van der Waals surface area (Å²) >= 11 is 0. The summed E-state index contributed by atoms with van der Waals surface area (Å²) in [6, 6.07) is 11.4. The van der Waals surface area contributed by atoms with Crippen molar-refractivity contribution < 1.29 is 13.2 Å². The summed E-state index contributed by atoms with van der Waals surface area (Å²) in [5.41, 5.74) is 4.32. The Morgan fingerprint density at radius 3 is 2.38 bits per heavy atom. The fourth-order valence-corrected chi connectivity index (χ4v) is 4.48. The van der Waals surface area contributed by atoms with Crippen LogP contribution in [-0.2, 0) is 23.0 Å². The van der Waals surface area contributed by atoms with Gasteiger partial charge in [0.05, 0.1) is 4.90 Å². The Labute approximate surface area is 155 Å². The summed E-state index contributed by atoms with van der Waals surface area (Å²) in [6.45, 7) is 4.81. The quantitative estimate of drug-likeness (QED) is 0.832. The summed E-state index contributed by atoms with van der Waals surface area (Å²) in [5.74, 6) is -0.127. The Hall–Kier alpha value is -2.18. The first-order valence-corrected chi connectivity index (χ1v) is 10.1. The van der Waals surface area contributed by atoms with Crippen molar-refractivity contribution in [3.05, 3.63) is 64.2 Å². The van der Waals surface area contributed by atoms with Crippen LogP contribution in [0.5, 0.6) is 0 Å². The van der Waals surface area contributed by atoms with Crippen molar-refractivity contribution in [2.75, 3.05) is 20.6 Å². The van der Waals surface area contributed by atoms with E-state index in [2.05, 4.69) is 6.07 Å². The van der Waals surface area contributed by atoms with Crippen molar-refractivity contribution in [2.24, 2.45) is 0 Å². The molecule has 0 spiro atoms. The summed E-state index contributed by atoms with van der Waals surface area (Å²) in [5, 5.41) is 0. The van der Waals surface area contributed by atoms with Crippen LogP contribution in [0.2, 0.25) is 0 Å². The molecule has 0 aliphatic carbocycles. The van der Waals surface area contributed by atoms with Crippen LogP contribution >= 0.6 is 0 Å². The molecule has 6 heteroatoms. The molecule has 2 aromatic carbocycles. The maximum atomic E-state index is 13.0. The molecule has 0 atom stereocenters. The molecule has 1 aliphatic rings. The van der Waals surface area contributed by atoms with Gasteiger partial charge in [0, 0.05) is 32.7 Å². The first-order chi connectivity index (χ1) is 12.2. The van der Waals surface area contributed by atoms with Crippen LogP contribution in [0.3, 0.4) is 0 Å². The topological polar surface area (TPSA) is 57.7 Å². The highest BCUT2D eigenvalue weighted by molar-refractivity contribution is 7.89. The molecule has 0 bridgehead atoms. The van der Waals surface area contributed by atoms with Gasteiger partial charge >= 0.3 is 0 Å². The van der Waals surface area contributed by atoms with E-state index in [4.69, 9.17) is 0 Å². The van der Waals surface area contributed by atoms with Gasteiger partial charge in [-0.1, -0.05) is 24.3 Å². The Kier molecular flexibility index (Phi) is 4.90. The number of amides is 1. The summed E-state index contributed by atoms with van der Waals surface area (Å²) in [6.07, 6.45) is 0.815. The number of sulfonamides is 1. The van der Waals surface area contributed by atoms with E-state index in [1.54, 1.807) is 17.9 Å². The minimum absolute atomic E-state index is 0.127. The lowest BCUT2D eigenvalue weighted by atomic mass is 9.98. The third-order valence-corrected chi connectivity index (χ3v) is 6.98. The Morgan fingerprint density at radius 1 is 1.08 bits per heavy atom.